The summed E-state index contributed by atoms with van der Waals surface area (Å²) in [6.45, 7) is 3.07. The fraction of sp³-hybridized carbons (Fsp3) is 0. The molecule has 14 heavy (non-hydrogen) atoms. The highest BCUT2D eigenvalue weighted by Gasteiger charge is 2.15. The van der Waals surface area contributed by atoms with Gasteiger partial charge < -0.3 is 0 Å². The van der Waals surface area contributed by atoms with Crippen molar-refractivity contribution in [2.24, 2.45) is 0 Å². The zero-order valence-corrected chi connectivity index (χ0v) is 7.88. The Morgan fingerprint density at radius 3 is 2.57 bits per heavy atom. The van der Waals surface area contributed by atoms with E-state index >= 15 is 0 Å². The quantitative estimate of drug-likeness (QED) is 0.746. The smallest absolute Gasteiger partial charge is 0.202 e. The highest BCUT2D eigenvalue weighted by Crippen LogP contribution is 2.17. The molecule has 5 heteroatoms. The molecule has 0 saturated heterocycles. The molecule has 0 spiro atoms. The van der Waals surface area contributed by atoms with Crippen LogP contribution in [0.25, 0.3) is 0 Å². The standard InChI is InChI=1S/C9H6FNO2S/c1-2-14(12,13)9-4-3-7(6-11)5-8(9)10/h2-5H,1H2. The molecule has 0 aliphatic rings. The van der Waals surface area contributed by atoms with E-state index in [-0.39, 0.29) is 5.56 Å². The van der Waals surface area contributed by atoms with E-state index < -0.39 is 20.5 Å². The van der Waals surface area contributed by atoms with Gasteiger partial charge in [-0.25, -0.2) is 12.8 Å². The summed E-state index contributed by atoms with van der Waals surface area (Å²) in [5.41, 5.74) is 0.0745. The molecule has 1 rings (SSSR count). The third-order valence-corrected chi connectivity index (χ3v) is 2.97. The van der Waals surface area contributed by atoms with Crippen LogP contribution in [0.2, 0.25) is 0 Å². The summed E-state index contributed by atoms with van der Waals surface area (Å²) in [4.78, 5) is -0.466. The van der Waals surface area contributed by atoms with E-state index in [1.54, 1.807) is 6.07 Å². The first-order valence-electron chi connectivity index (χ1n) is 3.58. The van der Waals surface area contributed by atoms with Crippen LogP contribution in [0.15, 0.2) is 35.1 Å². The SMILES string of the molecule is C=CS(=O)(=O)c1ccc(C#N)cc1F. The normalized spacial score (nSPS) is 10.6. The van der Waals surface area contributed by atoms with E-state index in [1.807, 2.05) is 0 Å². The molecule has 0 aliphatic carbocycles. The predicted octanol–water partition coefficient (Wildman–Crippen LogP) is 1.61. The lowest BCUT2D eigenvalue weighted by atomic mass is 10.2. The molecule has 72 valence electrons. The van der Waals surface area contributed by atoms with Crippen LogP contribution in [0.5, 0.6) is 0 Å². The van der Waals surface area contributed by atoms with Crippen LogP contribution < -0.4 is 0 Å². The zero-order valence-electron chi connectivity index (χ0n) is 7.07. The topological polar surface area (TPSA) is 57.9 Å². The van der Waals surface area contributed by atoms with Crippen molar-refractivity contribution >= 4 is 9.84 Å². The Morgan fingerprint density at radius 1 is 1.50 bits per heavy atom. The minimum Gasteiger partial charge on any atom is -0.219 e. The van der Waals surface area contributed by atoms with Crippen molar-refractivity contribution in [2.75, 3.05) is 0 Å². The zero-order chi connectivity index (χ0) is 10.8. The molecular formula is C9H6FNO2S. The largest absolute Gasteiger partial charge is 0.219 e. The summed E-state index contributed by atoms with van der Waals surface area (Å²) in [5.74, 6) is -0.941. The van der Waals surface area contributed by atoms with Gasteiger partial charge >= 0.3 is 0 Å². The molecular weight excluding hydrogens is 205 g/mol. The van der Waals surface area contributed by atoms with Crippen molar-refractivity contribution in [1.82, 2.24) is 0 Å². The van der Waals surface area contributed by atoms with Gasteiger partial charge in [-0.1, -0.05) is 6.58 Å². The highest BCUT2D eigenvalue weighted by molar-refractivity contribution is 7.94. The van der Waals surface area contributed by atoms with Crippen LogP contribution in [0.4, 0.5) is 4.39 Å². The van der Waals surface area contributed by atoms with E-state index in [4.69, 9.17) is 5.26 Å². The summed E-state index contributed by atoms with van der Waals surface area (Å²) in [5, 5.41) is 9.09. The predicted molar refractivity (Wildman–Crippen MR) is 48.5 cm³/mol. The van der Waals surface area contributed by atoms with Crippen LogP contribution in [-0.2, 0) is 9.84 Å². The summed E-state index contributed by atoms with van der Waals surface area (Å²) in [6.07, 6.45) is 0. The molecule has 0 saturated carbocycles. The number of nitriles is 1. The minimum absolute atomic E-state index is 0.0745. The monoisotopic (exact) mass is 211 g/mol. The van der Waals surface area contributed by atoms with E-state index in [9.17, 15) is 12.8 Å². The molecule has 0 N–H and O–H groups in total. The lowest BCUT2D eigenvalue weighted by molar-refractivity contribution is 0.572. The van der Waals surface area contributed by atoms with Crippen molar-refractivity contribution in [3.63, 3.8) is 0 Å². The third kappa shape index (κ3) is 1.80. The Kier molecular flexibility index (Phi) is 2.68. The van der Waals surface area contributed by atoms with E-state index in [1.165, 1.54) is 6.07 Å². The molecule has 0 unspecified atom stereocenters. The van der Waals surface area contributed by atoms with Crippen molar-refractivity contribution < 1.29 is 12.8 Å². The number of hydrogen-bond donors (Lipinski definition) is 0. The number of sulfone groups is 1. The number of hydrogen-bond acceptors (Lipinski definition) is 3. The van der Waals surface area contributed by atoms with Crippen LogP contribution in [0.3, 0.4) is 0 Å². The number of nitrogens with zero attached hydrogens (tertiary/aromatic N) is 1. The summed E-state index contributed by atoms with van der Waals surface area (Å²) >= 11 is 0. The second kappa shape index (κ2) is 3.60. The van der Waals surface area contributed by atoms with Crippen LogP contribution >= 0.6 is 0 Å². The van der Waals surface area contributed by atoms with Crippen LogP contribution in [0, 0.1) is 17.1 Å². The molecule has 0 fully saturated rings. The fourth-order valence-corrected chi connectivity index (χ4v) is 1.66. The lowest BCUT2D eigenvalue weighted by Gasteiger charge is -2.00. The van der Waals surface area contributed by atoms with Gasteiger partial charge in [0, 0.05) is 5.41 Å². The molecule has 0 radical (unpaired) electrons. The van der Waals surface area contributed by atoms with E-state index in [2.05, 4.69) is 6.58 Å². The molecule has 3 nitrogen and oxygen atoms in total. The Bertz CT molecular complexity index is 514. The van der Waals surface area contributed by atoms with Gasteiger partial charge in [0.15, 0.2) is 0 Å². The summed E-state index contributed by atoms with van der Waals surface area (Å²) in [6, 6.07) is 4.86. The first-order chi connectivity index (χ1) is 6.51. The van der Waals surface area contributed by atoms with Crippen molar-refractivity contribution in [3.05, 3.63) is 41.6 Å². The van der Waals surface area contributed by atoms with Gasteiger partial charge in [0.05, 0.1) is 11.6 Å². The first kappa shape index (κ1) is 10.4. The maximum atomic E-state index is 13.1. The Balaban J connectivity index is 3.42. The first-order valence-corrected chi connectivity index (χ1v) is 5.13. The van der Waals surface area contributed by atoms with Gasteiger partial charge in [0.2, 0.25) is 9.84 Å². The van der Waals surface area contributed by atoms with Gasteiger partial charge in [-0.15, -0.1) is 0 Å². The van der Waals surface area contributed by atoms with Crippen molar-refractivity contribution in [2.45, 2.75) is 4.90 Å². The number of halogens is 1. The molecule has 0 atom stereocenters. The minimum atomic E-state index is -3.77. The average Bonchev–Trinajstić information content (AvgIpc) is 2.17. The van der Waals surface area contributed by atoms with Crippen LogP contribution in [0.1, 0.15) is 5.56 Å². The number of rotatable bonds is 2. The lowest BCUT2D eigenvalue weighted by Crippen LogP contribution is -1.99. The van der Waals surface area contributed by atoms with Gasteiger partial charge in [-0.2, -0.15) is 5.26 Å². The van der Waals surface area contributed by atoms with Crippen molar-refractivity contribution in [1.29, 1.82) is 5.26 Å². The summed E-state index contributed by atoms with van der Waals surface area (Å²) in [7, 11) is -3.77. The van der Waals surface area contributed by atoms with Gasteiger partial charge in [0.1, 0.15) is 10.7 Å². The molecule has 0 heterocycles. The second-order valence-electron chi connectivity index (χ2n) is 2.47. The fourth-order valence-electron chi connectivity index (χ4n) is 0.891. The second-order valence-corrected chi connectivity index (χ2v) is 4.33. The molecule has 0 bridgehead atoms. The average molecular weight is 211 g/mol. The van der Waals surface area contributed by atoms with Gasteiger partial charge in [-0.05, 0) is 18.2 Å². The Labute approximate surface area is 81.0 Å². The maximum absolute atomic E-state index is 13.1. The molecule has 0 aliphatic heterocycles. The van der Waals surface area contributed by atoms with E-state index in [0.29, 0.717) is 5.41 Å². The molecule has 0 aromatic heterocycles. The van der Waals surface area contributed by atoms with Crippen molar-refractivity contribution in [3.8, 4) is 6.07 Å². The van der Waals surface area contributed by atoms with Gasteiger partial charge in [-0.3, -0.25) is 0 Å². The van der Waals surface area contributed by atoms with E-state index in [0.717, 1.165) is 12.1 Å². The Hall–Kier alpha value is -1.67. The summed E-state index contributed by atoms with van der Waals surface area (Å²) < 4.78 is 35.5. The van der Waals surface area contributed by atoms with Gasteiger partial charge in [0.25, 0.3) is 0 Å². The number of benzene rings is 1. The third-order valence-electron chi connectivity index (χ3n) is 1.59. The highest BCUT2D eigenvalue weighted by atomic mass is 32.2. The molecule has 0 amide bonds. The molecule has 1 aromatic carbocycles. The molecule has 1 aromatic rings. The van der Waals surface area contributed by atoms with Crippen LogP contribution in [-0.4, -0.2) is 8.42 Å². The maximum Gasteiger partial charge on any atom is 0.202 e. The Morgan fingerprint density at radius 2 is 2.14 bits per heavy atom.